The molecule has 18 heavy (non-hydrogen) atoms. The van der Waals surface area contributed by atoms with Crippen LogP contribution in [0.2, 0.25) is 0 Å². The summed E-state index contributed by atoms with van der Waals surface area (Å²) in [5, 5.41) is 6.56. The molecule has 4 heteroatoms. The Labute approximate surface area is 110 Å². The number of nitrogens with zero attached hydrogens (tertiary/aromatic N) is 1. The second kappa shape index (κ2) is 6.53. The summed E-state index contributed by atoms with van der Waals surface area (Å²) in [5.41, 5.74) is 0. The average Bonchev–Trinajstić information content (AvgIpc) is 2.84. The van der Waals surface area contributed by atoms with E-state index in [-0.39, 0.29) is 11.8 Å². The maximum Gasteiger partial charge on any atom is 0.223 e. The number of carbonyl (C=O) groups excluding carboxylic acids is 1. The van der Waals surface area contributed by atoms with Gasteiger partial charge in [-0.1, -0.05) is 6.92 Å². The Balaban J connectivity index is 1.68. The summed E-state index contributed by atoms with van der Waals surface area (Å²) in [6, 6.07) is 0.483. The molecule has 0 aromatic rings. The van der Waals surface area contributed by atoms with Gasteiger partial charge in [0.2, 0.25) is 5.91 Å². The lowest BCUT2D eigenvalue weighted by atomic mass is 9.92. The van der Waals surface area contributed by atoms with Crippen LogP contribution < -0.4 is 10.6 Å². The molecule has 1 unspecified atom stereocenters. The fraction of sp³-hybridized carbons (Fsp3) is 0.929. The first-order valence-corrected chi connectivity index (χ1v) is 7.42. The van der Waals surface area contributed by atoms with Crippen molar-refractivity contribution in [2.45, 2.75) is 39.2 Å². The van der Waals surface area contributed by atoms with Gasteiger partial charge in [-0.25, -0.2) is 0 Å². The molecule has 0 bridgehead atoms. The molecule has 2 saturated heterocycles. The minimum atomic E-state index is 0.227. The number of hydrogen-bond donors (Lipinski definition) is 2. The molecule has 4 nitrogen and oxygen atoms in total. The van der Waals surface area contributed by atoms with Gasteiger partial charge in [0.15, 0.2) is 0 Å². The maximum atomic E-state index is 12.1. The molecular weight excluding hydrogens is 226 g/mol. The quantitative estimate of drug-likeness (QED) is 0.780. The van der Waals surface area contributed by atoms with Crippen molar-refractivity contribution in [3.05, 3.63) is 0 Å². The third-order valence-electron chi connectivity index (χ3n) is 4.38. The molecule has 3 atom stereocenters. The second-order valence-corrected chi connectivity index (χ2v) is 5.87. The van der Waals surface area contributed by atoms with Crippen LogP contribution in [0.15, 0.2) is 0 Å². The largest absolute Gasteiger partial charge is 0.356 e. The molecule has 0 saturated carbocycles. The van der Waals surface area contributed by atoms with Gasteiger partial charge in [0.05, 0.1) is 0 Å². The third kappa shape index (κ3) is 3.69. The van der Waals surface area contributed by atoms with Gasteiger partial charge < -0.3 is 15.5 Å². The predicted octanol–water partition coefficient (Wildman–Crippen LogP) is 0.833. The maximum absolute atomic E-state index is 12.1. The Morgan fingerprint density at radius 1 is 1.44 bits per heavy atom. The molecule has 2 fully saturated rings. The first kappa shape index (κ1) is 13.8. The summed E-state index contributed by atoms with van der Waals surface area (Å²) in [7, 11) is 0. The number of amides is 1. The number of rotatable bonds is 4. The minimum absolute atomic E-state index is 0.227. The topological polar surface area (TPSA) is 44.4 Å². The Morgan fingerprint density at radius 2 is 2.28 bits per heavy atom. The molecule has 2 aliphatic rings. The first-order chi connectivity index (χ1) is 8.69. The highest BCUT2D eigenvalue weighted by Gasteiger charge is 2.26. The molecule has 2 N–H and O–H groups in total. The molecule has 2 heterocycles. The van der Waals surface area contributed by atoms with E-state index in [2.05, 4.69) is 29.4 Å². The molecular formula is C14H27N3O. The summed E-state index contributed by atoms with van der Waals surface area (Å²) < 4.78 is 0. The van der Waals surface area contributed by atoms with Gasteiger partial charge in [0.25, 0.3) is 0 Å². The lowest BCUT2D eigenvalue weighted by Gasteiger charge is -2.27. The normalized spacial score (nSPS) is 33.6. The zero-order valence-electron chi connectivity index (χ0n) is 11.7. The first-order valence-electron chi connectivity index (χ1n) is 7.42. The van der Waals surface area contributed by atoms with Crippen LogP contribution in [0.25, 0.3) is 0 Å². The summed E-state index contributed by atoms with van der Waals surface area (Å²) in [6.45, 7) is 9.70. The van der Waals surface area contributed by atoms with Gasteiger partial charge in [0, 0.05) is 25.0 Å². The Bertz CT molecular complexity index is 282. The summed E-state index contributed by atoms with van der Waals surface area (Å²) >= 11 is 0. The van der Waals surface area contributed by atoms with E-state index in [1.165, 1.54) is 13.0 Å². The van der Waals surface area contributed by atoms with Crippen molar-refractivity contribution in [1.82, 2.24) is 15.5 Å². The van der Waals surface area contributed by atoms with Crippen molar-refractivity contribution < 1.29 is 4.79 Å². The number of likely N-dealkylation sites (tertiary alicyclic amines) is 1. The number of carbonyl (C=O) groups is 1. The molecule has 1 amide bonds. The van der Waals surface area contributed by atoms with Crippen LogP contribution in [0, 0.1) is 11.8 Å². The van der Waals surface area contributed by atoms with Crippen LogP contribution in [-0.4, -0.2) is 49.6 Å². The molecule has 2 rings (SSSR count). The predicted molar refractivity (Wildman–Crippen MR) is 73.4 cm³/mol. The van der Waals surface area contributed by atoms with E-state index in [0.29, 0.717) is 12.0 Å². The lowest BCUT2D eigenvalue weighted by Crippen LogP contribution is -2.43. The van der Waals surface area contributed by atoms with Crippen LogP contribution in [-0.2, 0) is 4.79 Å². The Morgan fingerprint density at radius 3 is 2.94 bits per heavy atom. The van der Waals surface area contributed by atoms with E-state index in [0.717, 1.165) is 39.0 Å². The van der Waals surface area contributed by atoms with Gasteiger partial charge >= 0.3 is 0 Å². The molecule has 2 aliphatic heterocycles. The van der Waals surface area contributed by atoms with Crippen LogP contribution in [0.3, 0.4) is 0 Å². The Kier molecular flexibility index (Phi) is 5.01. The van der Waals surface area contributed by atoms with E-state index in [1.807, 2.05) is 0 Å². The highest BCUT2D eigenvalue weighted by molar-refractivity contribution is 5.78. The fourth-order valence-electron chi connectivity index (χ4n) is 3.13. The van der Waals surface area contributed by atoms with Crippen LogP contribution in [0.1, 0.15) is 33.1 Å². The molecule has 0 spiro atoms. The van der Waals surface area contributed by atoms with Crippen molar-refractivity contribution >= 4 is 5.91 Å². The minimum Gasteiger partial charge on any atom is -0.356 e. The summed E-state index contributed by atoms with van der Waals surface area (Å²) in [6.07, 6.45) is 3.20. The molecule has 0 aromatic heterocycles. The van der Waals surface area contributed by atoms with Gasteiger partial charge in [-0.2, -0.15) is 0 Å². The fourth-order valence-corrected chi connectivity index (χ4v) is 3.13. The van der Waals surface area contributed by atoms with Crippen molar-refractivity contribution in [1.29, 1.82) is 0 Å². The lowest BCUT2D eigenvalue weighted by molar-refractivity contribution is -0.126. The molecule has 0 radical (unpaired) electrons. The van der Waals surface area contributed by atoms with Crippen molar-refractivity contribution in [2.24, 2.45) is 11.8 Å². The zero-order chi connectivity index (χ0) is 13.0. The number of hydrogen-bond acceptors (Lipinski definition) is 3. The smallest absolute Gasteiger partial charge is 0.223 e. The molecule has 0 aromatic carbocycles. The SMILES string of the molecule is CCN1CCC(CNC(=O)[C@H]2CCN[C@@H](C)C2)C1. The zero-order valence-corrected chi connectivity index (χ0v) is 11.7. The second-order valence-electron chi connectivity index (χ2n) is 5.87. The molecule has 0 aliphatic carbocycles. The third-order valence-corrected chi connectivity index (χ3v) is 4.38. The number of piperidine rings is 1. The van der Waals surface area contributed by atoms with Crippen molar-refractivity contribution in [2.75, 3.05) is 32.7 Å². The standard InChI is InChI=1S/C14H27N3O/c1-3-17-7-5-12(10-17)9-16-14(18)13-4-6-15-11(2)8-13/h11-13,15H,3-10H2,1-2H3,(H,16,18)/t11-,12?,13-/m0/s1. The summed E-state index contributed by atoms with van der Waals surface area (Å²) in [5.74, 6) is 1.16. The van der Waals surface area contributed by atoms with Gasteiger partial charge in [-0.15, -0.1) is 0 Å². The van der Waals surface area contributed by atoms with Crippen LogP contribution in [0.5, 0.6) is 0 Å². The Hall–Kier alpha value is -0.610. The highest BCUT2D eigenvalue weighted by Crippen LogP contribution is 2.18. The van der Waals surface area contributed by atoms with Crippen molar-refractivity contribution in [3.63, 3.8) is 0 Å². The van der Waals surface area contributed by atoms with E-state index in [1.54, 1.807) is 0 Å². The van der Waals surface area contributed by atoms with Gasteiger partial charge in [-0.05, 0) is 51.7 Å². The van der Waals surface area contributed by atoms with E-state index in [4.69, 9.17) is 0 Å². The number of nitrogens with one attached hydrogen (secondary N) is 2. The monoisotopic (exact) mass is 253 g/mol. The van der Waals surface area contributed by atoms with Crippen LogP contribution >= 0.6 is 0 Å². The van der Waals surface area contributed by atoms with Crippen LogP contribution in [0.4, 0.5) is 0 Å². The van der Waals surface area contributed by atoms with Crippen molar-refractivity contribution in [3.8, 4) is 0 Å². The average molecular weight is 253 g/mol. The van der Waals surface area contributed by atoms with Gasteiger partial charge in [-0.3, -0.25) is 4.79 Å². The van der Waals surface area contributed by atoms with E-state index < -0.39 is 0 Å². The van der Waals surface area contributed by atoms with Gasteiger partial charge in [0.1, 0.15) is 0 Å². The van der Waals surface area contributed by atoms with E-state index >= 15 is 0 Å². The molecule has 104 valence electrons. The van der Waals surface area contributed by atoms with E-state index in [9.17, 15) is 4.79 Å². The highest BCUT2D eigenvalue weighted by atomic mass is 16.1. The summed E-state index contributed by atoms with van der Waals surface area (Å²) in [4.78, 5) is 14.6.